The van der Waals surface area contributed by atoms with Crippen molar-refractivity contribution in [3.63, 3.8) is 0 Å². The van der Waals surface area contributed by atoms with Gasteiger partial charge in [0, 0.05) is 17.7 Å². The van der Waals surface area contributed by atoms with Crippen molar-refractivity contribution in [1.29, 1.82) is 0 Å². The monoisotopic (exact) mass is 473 g/mol. The predicted octanol–water partition coefficient (Wildman–Crippen LogP) is 9.36. The van der Waals surface area contributed by atoms with Crippen molar-refractivity contribution >= 4 is 21.1 Å². The maximum atomic E-state index is 3.83. The van der Waals surface area contributed by atoms with Gasteiger partial charge in [0.25, 0.3) is 0 Å². The van der Waals surface area contributed by atoms with E-state index in [1.54, 1.807) is 16.2 Å². The highest BCUT2D eigenvalue weighted by Crippen LogP contribution is 2.66. The molecule has 0 heterocycles. The maximum Gasteiger partial charge on any atom is 0.0170 e. The summed E-state index contributed by atoms with van der Waals surface area (Å²) in [4.78, 5) is 0. The van der Waals surface area contributed by atoms with E-state index in [2.05, 4.69) is 79.8 Å². The molecule has 0 aromatic heterocycles. The molecule has 2 saturated carbocycles. The summed E-state index contributed by atoms with van der Waals surface area (Å²) in [6, 6.07) is 11.4. The minimum absolute atomic E-state index is 0.0816. The van der Waals surface area contributed by atoms with Crippen LogP contribution in [0.15, 0.2) is 82.6 Å². The van der Waals surface area contributed by atoms with Crippen molar-refractivity contribution in [2.75, 3.05) is 0 Å². The first-order valence-corrected chi connectivity index (χ1v) is 16.2. The smallest absolute Gasteiger partial charge is 0.0170 e. The first-order chi connectivity index (χ1) is 16.3. The molecule has 2 fully saturated rings. The first-order valence-electron chi connectivity index (χ1n) is 13.3. The summed E-state index contributed by atoms with van der Waals surface area (Å²) in [5, 5.41) is 4.89. The average Bonchev–Trinajstić information content (AvgIpc) is 3.36. The molecule has 1 aromatic carbocycles. The number of hydrogen-bond donors (Lipinski definition) is 0. The van der Waals surface area contributed by atoms with Crippen LogP contribution >= 0.6 is 15.8 Å². The van der Waals surface area contributed by atoms with Crippen LogP contribution in [0, 0.1) is 6.42 Å². The topological polar surface area (TPSA) is 0 Å². The highest BCUT2D eigenvalue weighted by Gasteiger charge is 2.38. The lowest BCUT2D eigenvalue weighted by molar-refractivity contribution is 0.486. The first kappa shape index (κ1) is 23.6. The van der Waals surface area contributed by atoms with Crippen molar-refractivity contribution in [1.82, 2.24) is 0 Å². The van der Waals surface area contributed by atoms with E-state index in [-0.39, 0.29) is 7.92 Å². The summed E-state index contributed by atoms with van der Waals surface area (Å²) in [5.41, 5.74) is 7.83. The molecule has 1 aromatic rings. The molecular formula is C31H39P2. The number of benzene rings is 1. The van der Waals surface area contributed by atoms with Gasteiger partial charge in [0.1, 0.15) is 0 Å². The average molecular weight is 474 g/mol. The Kier molecular flexibility index (Phi) is 8.21. The summed E-state index contributed by atoms with van der Waals surface area (Å²) in [6.07, 6.45) is 29.7. The van der Waals surface area contributed by atoms with Gasteiger partial charge in [-0.1, -0.05) is 102 Å². The van der Waals surface area contributed by atoms with Crippen LogP contribution in [-0.4, -0.2) is 17.0 Å². The van der Waals surface area contributed by atoms with Crippen LogP contribution in [0.4, 0.5) is 0 Å². The molecule has 2 heteroatoms. The van der Waals surface area contributed by atoms with E-state index in [9.17, 15) is 0 Å². The van der Waals surface area contributed by atoms with Crippen LogP contribution < -0.4 is 5.30 Å². The minimum Gasteiger partial charge on any atom is -0.116 e. The predicted molar refractivity (Wildman–Crippen MR) is 149 cm³/mol. The van der Waals surface area contributed by atoms with E-state index in [1.165, 1.54) is 69.5 Å². The summed E-state index contributed by atoms with van der Waals surface area (Å²) in [6.45, 7) is 2.52. The molecule has 173 valence electrons. The Morgan fingerprint density at radius 3 is 2.12 bits per heavy atom. The van der Waals surface area contributed by atoms with Crippen molar-refractivity contribution in [2.45, 2.75) is 94.5 Å². The number of hydrogen-bond acceptors (Lipinski definition) is 0. The van der Waals surface area contributed by atoms with Gasteiger partial charge in [-0.25, -0.2) is 0 Å². The Morgan fingerprint density at radius 2 is 1.52 bits per heavy atom. The van der Waals surface area contributed by atoms with Crippen molar-refractivity contribution in [3.8, 4) is 0 Å². The van der Waals surface area contributed by atoms with Gasteiger partial charge < -0.3 is 0 Å². The summed E-state index contributed by atoms with van der Waals surface area (Å²) in [7, 11) is -0.485. The van der Waals surface area contributed by atoms with Crippen molar-refractivity contribution < 1.29 is 0 Å². The quantitative estimate of drug-likeness (QED) is 0.273. The lowest BCUT2D eigenvalue weighted by Crippen LogP contribution is -2.23. The van der Waals surface area contributed by atoms with Gasteiger partial charge in [-0.15, -0.1) is 5.73 Å². The Balaban J connectivity index is 1.46. The molecule has 0 aliphatic heterocycles. The van der Waals surface area contributed by atoms with Crippen molar-refractivity contribution in [3.05, 3.63) is 89.1 Å². The van der Waals surface area contributed by atoms with Gasteiger partial charge >= 0.3 is 0 Å². The molecule has 4 aliphatic rings. The molecule has 33 heavy (non-hydrogen) atoms. The Morgan fingerprint density at radius 1 is 0.848 bits per heavy atom. The molecular weight excluding hydrogens is 434 g/mol. The number of allylic oxidation sites excluding steroid dienone is 7. The summed E-state index contributed by atoms with van der Waals surface area (Å²) in [5.74, 6) is 0. The van der Waals surface area contributed by atoms with Crippen LogP contribution in [0.1, 0.15) is 77.6 Å². The fourth-order valence-electron chi connectivity index (χ4n) is 6.38. The molecule has 0 nitrogen and oxygen atoms in total. The van der Waals surface area contributed by atoms with Gasteiger partial charge in [-0.05, 0) is 79.4 Å². The number of rotatable bonds is 7. The minimum atomic E-state index is -0.404. The SMILES string of the molecule is C[C@@H](C1=C=CC=C1P(C1CCCCC1)C1CCCCC1)P(C1=C[CH]C=CC1)c1ccccc1. The highest BCUT2D eigenvalue weighted by molar-refractivity contribution is 7.71. The fourth-order valence-corrected chi connectivity index (χ4v) is 13.3. The van der Waals surface area contributed by atoms with Crippen LogP contribution in [-0.2, 0) is 0 Å². The molecule has 4 aliphatic carbocycles. The molecule has 1 unspecified atom stereocenters. The van der Waals surface area contributed by atoms with Crippen LogP contribution in [0.2, 0.25) is 0 Å². The van der Waals surface area contributed by atoms with Crippen molar-refractivity contribution in [2.24, 2.45) is 0 Å². The van der Waals surface area contributed by atoms with E-state index in [0.717, 1.165) is 17.7 Å². The normalized spacial score (nSPS) is 23.9. The van der Waals surface area contributed by atoms with E-state index in [4.69, 9.17) is 0 Å². The highest BCUT2D eigenvalue weighted by atomic mass is 31.1. The van der Waals surface area contributed by atoms with Crippen LogP contribution in [0.25, 0.3) is 0 Å². The molecule has 2 atom stereocenters. The molecule has 0 N–H and O–H groups in total. The summed E-state index contributed by atoms with van der Waals surface area (Å²) < 4.78 is 0. The molecule has 0 spiro atoms. The molecule has 5 rings (SSSR count). The standard InChI is InChI=1S/C31H39P2/c1-25(32(26-15-6-2-7-16-26)27-17-8-3-9-18-27)30-23-14-24-31(30)33(28-19-10-4-11-20-28)29-21-12-5-13-22-29/h2-3,6-9,14-17,24-25,28-29H,4-5,10-13,18-22H2,1H3/t25-,32?/m0/s1. The van der Waals surface area contributed by atoms with E-state index in [1.807, 2.05) is 0 Å². The van der Waals surface area contributed by atoms with Crippen LogP contribution in [0.3, 0.4) is 0 Å². The largest absolute Gasteiger partial charge is 0.116 e. The Hall–Kier alpha value is -1.18. The van der Waals surface area contributed by atoms with Crippen LogP contribution in [0.5, 0.6) is 0 Å². The third-order valence-electron chi connectivity index (χ3n) is 7.98. The lowest BCUT2D eigenvalue weighted by Gasteiger charge is -2.41. The van der Waals surface area contributed by atoms with E-state index >= 15 is 0 Å². The second kappa shape index (κ2) is 11.5. The molecule has 0 amide bonds. The van der Waals surface area contributed by atoms with Gasteiger partial charge in [-0.2, -0.15) is 0 Å². The van der Waals surface area contributed by atoms with Gasteiger partial charge in [0.05, 0.1) is 0 Å². The van der Waals surface area contributed by atoms with E-state index < -0.39 is 7.92 Å². The third-order valence-corrected chi connectivity index (χ3v) is 14.4. The van der Waals surface area contributed by atoms with Gasteiger partial charge in [-0.3, -0.25) is 0 Å². The fraction of sp³-hybridized carbons (Fsp3) is 0.484. The molecule has 0 saturated heterocycles. The second-order valence-corrected chi connectivity index (χ2v) is 15.5. The Bertz CT molecular complexity index is 930. The molecule has 0 bridgehead atoms. The van der Waals surface area contributed by atoms with Gasteiger partial charge in [0.2, 0.25) is 0 Å². The zero-order valence-corrected chi connectivity index (χ0v) is 22.0. The molecule has 1 radical (unpaired) electrons. The summed E-state index contributed by atoms with van der Waals surface area (Å²) >= 11 is 0. The zero-order valence-electron chi connectivity index (χ0n) is 20.3. The maximum absolute atomic E-state index is 3.83. The lowest BCUT2D eigenvalue weighted by atomic mass is 9.99. The Labute approximate surface area is 204 Å². The van der Waals surface area contributed by atoms with E-state index in [0.29, 0.717) is 5.66 Å². The zero-order chi connectivity index (χ0) is 22.5. The third kappa shape index (κ3) is 5.40. The second-order valence-electron chi connectivity index (χ2n) is 10.1. The van der Waals surface area contributed by atoms with Gasteiger partial charge in [0.15, 0.2) is 0 Å².